The van der Waals surface area contributed by atoms with Crippen LogP contribution in [0.25, 0.3) is 0 Å². The number of amides is 2. The zero-order valence-electron chi connectivity index (χ0n) is 18.0. The van der Waals surface area contributed by atoms with Gasteiger partial charge in [-0.15, -0.1) is 0 Å². The molecule has 0 saturated carbocycles. The zero-order valence-corrected chi connectivity index (χ0v) is 18.0. The van der Waals surface area contributed by atoms with Crippen molar-refractivity contribution in [1.82, 2.24) is 15.4 Å². The molecule has 2 amide bonds. The van der Waals surface area contributed by atoms with E-state index in [1.807, 2.05) is 12.1 Å². The van der Waals surface area contributed by atoms with Gasteiger partial charge in [-0.1, -0.05) is 6.07 Å². The van der Waals surface area contributed by atoms with E-state index in [-0.39, 0.29) is 36.2 Å². The van der Waals surface area contributed by atoms with Crippen molar-refractivity contribution in [2.24, 2.45) is 0 Å². The normalized spacial score (nSPS) is 18.4. The quantitative estimate of drug-likeness (QED) is 0.735. The van der Waals surface area contributed by atoms with Crippen LogP contribution in [0.2, 0.25) is 0 Å². The van der Waals surface area contributed by atoms with Crippen LogP contribution in [0.15, 0.2) is 48.6 Å². The molecule has 1 aromatic heterocycles. The summed E-state index contributed by atoms with van der Waals surface area (Å²) in [4.78, 5) is 35.6. The van der Waals surface area contributed by atoms with Gasteiger partial charge in [-0.25, -0.2) is 13.6 Å². The number of ether oxygens (including phenoxy) is 1. The van der Waals surface area contributed by atoms with Crippen molar-refractivity contribution in [2.75, 3.05) is 42.6 Å². The molecule has 2 saturated heterocycles. The number of hydrogen-bond donors (Lipinski definition) is 1. The Hall–Kier alpha value is -3.57. The first-order valence-electron chi connectivity index (χ1n) is 10.4. The Kier molecular flexibility index (Phi) is 6.80. The van der Waals surface area contributed by atoms with Gasteiger partial charge in [-0.05, 0) is 11.6 Å². The van der Waals surface area contributed by atoms with E-state index < -0.39 is 17.7 Å². The van der Waals surface area contributed by atoms with Crippen molar-refractivity contribution in [1.29, 1.82) is 0 Å². The Morgan fingerprint density at radius 1 is 1.24 bits per heavy atom. The minimum atomic E-state index is -0.794. The van der Waals surface area contributed by atoms with Gasteiger partial charge in [0.15, 0.2) is 11.6 Å². The molecule has 0 spiro atoms. The molecule has 2 aliphatic rings. The van der Waals surface area contributed by atoms with Crippen LogP contribution in [0.3, 0.4) is 0 Å². The first-order valence-corrected chi connectivity index (χ1v) is 10.4. The third-order valence-corrected chi connectivity index (χ3v) is 5.15. The lowest BCUT2D eigenvalue weighted by Gasteiger charge is -2.24. The fourth-order valence-corrected chi connectivity index (χ4v) is 3.62. The van der Waals surface area contributed by atoms with Gasteiger partial charge in [0.05, 0.1) is 25.4 Å². The van der Waals surface area contributed by atoms with Crippen LogP contribution >= 0.6 is 0 Å². The molecule has 0 aliphatic carbocycles. The van der Waals surface area contributed by atoms with Crippen molar-refractivity contribution >= 4 is 23.4 Å². The molecule has 33 heavy (non-hydrogen) atoms. The Morgan fingerprint density at radius 2 is 2.03 bits per heavy atom. The molecule has 2 aromatic rings. The van der Waals surface area contributed by atoms with Crippen molar-refractivity contribution < 1.29 is 27.9 Å². The highest BCUT2D eigenvalue weighted by Crippen LogP contribution is 2.32. The maximum Gasteiger partial charge on any atom is 0.419 e. The Balaban J connectivity index is 1.46. The van der Waals surface area contributed by atoms with Gasteiger partial charge >= 0.3 is 6.09 Å². The Morgan fingerprint density at radius 3 is 2.73 bits per heavy atom. The molecule has 9 nitrogen and oxygen atoms in total. The molecule has 0 radical (unpaired) electrons. The number of hydroxylamine groups is 2. The van der Waals surface area contributed by atoms with Gasteiger partial charge < -0.3 is 15.0 Å². The van der Waals surface area contributed by atoms with E-state index in [1.54, 1.807) is 22.4 Å². The van der Waals surface area contributed by atoms with Crippen LogP contribution in [-0.2, 0) is 20.9 Å². The van der Waals surface area contributed by atoms with E-state index in [2.05, 4.69) is 10.3 Å². The molecular formula is C22H23F2N5O4. The van der Waals surface area contributed by atoms with Gasteiger partial charge in [-0.2, -0.15) is 5.06 Å². The average molecular weight is 459 g/mol. The summed E-state index contributed by atoms with van der Waals surface area (Å²) >= 11 is 0. The van der Waals surface area contributed by atoms with E-state index in [9.17, 15) is 9.59 Å². The molecule has 1 N–H and O–H groups in total. The number of aromatic nitrogens is 1. The predicted octanol–water partition coefficient (Wildman–Crippen LogP) is 2.55. The van der Waals surface area contributed by atoms with Gasteiger partial charge in [0, 0.05) is 57.3 Å². The lowest BCUT2D eigenvalue weighted by Crippen LogP contribution is -2.31. The summed E-state index contributed by atoms with van der Waals surface area (Å²) in [6.45, 7) is 3.10. The topological polar surface area (TPSA) is 87.2 Å². The monoisotopic (exact) mass is 459 g/mol. The highest BCUT2D eigenvalue weighted by atomic mass is 19.1. The summed E-state index contributed by atoms with van der Waals surface area (Å²) in [5.74, 6) is -1.76. The third-order valence-electron chi connectivity index (χ3n) is 5.15. The number of cyclic esters (lactones) is 1. The lowest BCUT2D eigenvalue weighted by molar-refractivity contribution is -0.154. The van der Waals surface area contributed by atoms with Crippen molar-refractivity contribution in [2.45, 2.75) is 13.5 Å². The number of carbonyl (C=O) groups is 2. The standard InChI is InChI=1S/C22H23F2N5O4/c1-15(30)26-12-18-14-29(22(31)33-18)17-9-19(23)21(20(24)10-17)27-5-6-28(32-8-7-27)13-16-3-2-4-25-11-16/h2-4,9-12H,5-8,13-14H2,1H3,(H,26,30)/b18-12-. The van der Waals surface area contributed by atoms with Crippen LogP contribution < -0.4 is 15.1 Å². The Bertz CT molecular complexity index is 1040. The van der Waals surface area contributed by atoms with Crippen LogP contribution in [-0.4, -0.2) is 54.8 Å². The van der Waals surface area contributed by atoms with Crippen molar-refractivity contribution in [3.8, 4) is 0 Å². The first kappa shape index (κ1) is 22.6. The average Bonchev–Trinajstić information content (AvgIpc) is 3.01. The number of carbonyl (C=O) groups excluding carboxylic acids is 2. The number of rotatable bonds is 5. The van der Waals surface area contributed by atoms with E-state index in [0.29, 0.717) is 26.2 Å². The summed E-state index contributed by atoms with van der Waals surface area (Å²) in [5, 5.41) is 4.14. The summed E-state index contributed by atoms with van der Waals surface area (Å²) in [6.07, 6.45) is 3.89. The summed E-state index contributed by atoms with van der Waals surface area (Å²) < 4.78 is 35.1. The molecule has 0 atom stereocenters. The number of halogens is 2. The fraction of sp³-hybridized carbons (Fsp3) is 0.318. The van der Waals surface area contributed by atoms with Crippen LogP contribution in [0.1, 0.15) is 12.5 Å². The van der Waals surface area contributed by atoms with Crippen LogP contribution in [0, 0.1) is 11.6 Å². The van der Waals surface area contributed by atoms with E-state index in [1.165, 1.54) is 13.1 Å². The summed E-state index contributed by atoms with van der Waals surface area (Å²) in [7, 11) is 0. The number of benzene rings is 1. The molecular weight excluding hydrogens is 436 g/mol. The molecule has 3 heterocycles. The minimum Gasteiger partial charge on any atom is -0.411 e. The second-order valence-electron chi connectivity index (χ2n) is 7.57. The van der Waals surface area contributed by atoms with Gasteiger partial charge in [0.2, 0.25) is 5.91 Å². The van der Waals surface area contributed by atoms with Crippen LogP contribution in [0.5, 0.6) is 0 Å². The highest BCUT2D eigenvalue weighted by Gasteiger charge is 2.31. The number of nitrogens with zero attached hydrogens (tertiary/aromatic N) is 4. The van der Waals surface area contributed by atoms with E-state index >= 15 is 8.78 Å². The van der Waals surface area contributed by atoms with Crippen LogP contribution in [0.4, 0.5) is 25.0 Å². The second-order valence-corrected chi connectivity index (χ2v) is 7.57. The predicted molar refractivity (Wildman–Crippen MR) is 115 cm³/mol. The third kappa shape index (κ3) is 5.44. The molecule has 11 heteroatoms. The van der Waals surface area contributed by atoms with Gasteiger partial charge in [0.1, 0.15) is 11.4 Å². The van der Waals surface area contributed by atoms with E-state index in [0.717, 1.165) is 22.6 Å². The van der Waals surface area contributed by atoms with Crippen molar-refractivity contribution in [3.05, 3.63) is 65.8 Å². The zero-order chi connectivity index (χ0) is 23.4. The first-order chi connectivity index (χ1) is 15.9. The maximum absolute atomic E-state index is 15.0. The number of pyridine rings is 1. The molecule has 0 bridgehead atoms. The minimum absolute atomic E-state index is 0.0225. The Labute approximate surface area is 189 Å². The number of anilines is 2. The van der Waals surface area contributed by atoms with Gasteiger partial charge in [-0.3, -0.25) is 19.5 Å². The smallest absolute Gasteiger partial charge is 0.411 e. The number of hydrogen-bond acceptors (Lipinski definition) is 7. The fourth-order valence-electron chi connectivity index (χ4n) is 3.62. The lowest BCUT2D eigenvalue weighted by atomic mass is 10.2. The van der Waals surface area contributed by atoms with E-state index in [4.69, 9.17) is 9.57 Å². The van der Waals surface area contributed by atoms with Crippen molar-refractivity contribution in [3.63, 3.8) is 0 Å². The SMILES string of the molecule is CC(=O)N/C=C1/CN(c2cc(F)c(N3CCON(Cc4cccnc4)CC3)c(F)c2)C(=O)O1. The molecule has 2 fully saturated rings. The molecule has 0 unspecified atom stereocenters. The van der Waals surface area contributed by atoms with Gasteiger partial charge in [0.25, 0.3) is 0 Å². The summed E-state index contributed by atoms with van der Waals surface area (Å²) in [5.41, 5.74) is 0.818. The highest BCUT2D eigenvalue weighted by molar-refractivity contribution is 5.91. The molecule has 1 aromatic carbocycles. The second kappa shape index (κ2) is 9.92. The summed E-state index contributed by atoms with van der Waals surface area (Å²) in [6, 6.07) is 5.96. The number of nitrogens with one attached hydrogen (secondary N) is 1. The largest absolute Gasteiger partial charge is 0.419 e. The maximum atomic E-state index is 15.0. The molecule has 174 valence electrons. The molecule has 2 aliphatic heterocycles. The molecule has 4 rings (SSSR count).